The van der Waals surface area contributed by atoms with Gasteiger partial charge in [0.25, 0.3) is 0 Å². The van der Waals surface area contributed by atoms with Gasteiger partial charge >= 0.3 is 0 Å². The number of aliphatic hydroxyl groups excluding tert-OH is 1. The summed E-state index contributed by atoms with van der Waals surface area (Å²) in [6.07, 6.45) is -0.683. The van der Waals surface area contributed by atoms with Crippen molar-refractivity contribution < 1.29 is 9.84 Å². The molecule has 0 aromatic heterocycles. The van der Waals surface area contributed by atoms with Crippen LogP contribution in [-0.4, -0.2) is 11.7 Å². The van der Waals surface area contributed by atoms with E-state index in [1.807, 2.05) is 61.5 Å². The Morgan fingerprint density at radius 2 is 1.62 bits per heavy atom. The van der Waals surface area contributed by atoms with Crippen molar-refractivity contribution in [2.24, 2.45) is 0 Å². The van der Waals surface area contributed by atoms with Crippen LogP contribution in [0.1, 0.15) is 24.2 Å². The third-order valence-corrected chi connectivity index (χ3v) is 3.60. The lowest BCUT2D eigenvalue weighted by Crippen LogP contribution is -2.03. The molecule has 0 aliphatic heterocycles. The number of ether oxygens (including phenoxy) is 1. The molecule has 0 heterocycles. The molecule has 0 saturated carbocycles. The van der Waals surface area contributed by atoms with Crippen molar-refractivity contribution in [1.29, 1.82) is 0 Å². The van der Waals surface area contributed by atoms with Crippen molar-refractivity contribution in [3.05, 3.63) is 77.9 Å². The molecule has 0 amide bonds. The molecule has 1 atom stereocenters. The molecule has 0 spiro atoms. The molecule has 1 N–H and O–H groups in total. The van der Waals surface area contributed by atoms with Crippen molar-refractivity contribution in [3.63, 3.8) is 0 Å². The Labute approximate surface area is 124 Å². The molecule has 2 nitrogen and oxygen atoms in total. The third kappa shape index (κ3) is 2.76. The smallest absolute Gasteiger partial charge is 0.125 e. The van der Waals surface area contributed by atoms with Gasteiger partial charge in [0, 0.05) is 5.56 Å². The van der Waals surface area contributed by atoms with Crippen molar-refractivity contribution in [2.45, 2.75) is 13.0 Å². The highest BCUT2D eigenvalue weighted by Crippen LogP contribution is 2.31. The fourth-order valence-electron chi connectivity index (χ4n) is 2.55. The first-order valence-electron chi connectivity index (χ1n) is 7.18. The summed E-state index contributed by atoms with van der Waals surface area (Å²) in [6, 6.07) is 21.8. The Morgan fingerprint density at radius 3 is 2.43 bits per heavy atom. The standard InChI is InChI=1S/C19H18O2/c1-2-21-18-10-6-5-9-17(18)19(20)16-12-11-14-7-3-4-8-15(14)13-16/h3-13,19-20H,2H2,1H3. The topological polar surface area (TPSA) is 29.5 Å². The fourth-order valence-corrected chi connectivity index (χ4v) is 2.55. The summed E-state index contributed by atoms with van der Waals surface area (Å²) in [5.74, 6) is 0.737. The van der Waals surface area contributed by atoms with Gasteiger partial charge in [-0.05, 0) is 35.4 Å². The first-order chi connectivity index (χ1) is 10.3. The van der Waals surface area contributed by atoms with Crippen LogP contribution in [0.2, 0.25) is 0 Å². The third-order valence-electron chi connectivity index (χ3n) is 3.60. The van der Waals surface area contributed by atoms with E-state index in [1.165, 1.54) is 5.39 Å². The lowest BCUT2D eigenvalue weighted by molar-refractivity contribution is 0.212. The first-order valence-corrected chi connectivity index (χ1v) is 7.18. The molecule has 0 saturated heterocycles. The highest BCUT2D eigenvalue weighted by molar-refractivity contribution is 5.83. The molecule has 3 aromatic carbocycles. The second-order valence-corrected chi connectivity index (χ2v) is 4.98. The van der Waals surface area contributed by atoms with Crippen LogP contribution in [0.15, 0.2) is 66.7 Å². The van der Waals surface area contributed by atoms with E-state index in [4.69, 9.17) is 4.74 Å². The van der Waals surface area contributed by atoms with E-state index < -0.39 is 6.10 Å². The van der Waals surface area contributed by atoms with Crippen LogP contribution in [0.5, 0.6) is 5.75 Å². The van der Waals surface area contributed by atoms with Gasteiger partial charge in [0.15, 0.2) is 0 Å². The Bertz CT molecular complexity index is 749. The summed E-state index contributed by atoms with van der Waals surface area (Å²) in [7, 11) is 0. The maximum atomic E-state index is 10.7. The van der Waals surface area contributed by atoms with Crippen LogP contribution in [-0.2, 0) is 0 Å². The van der Waals surface area contributed by atoms with Gasteiger partial charge in [0.2, 0.25) is 0 Å². The summed E-state index contributed by atoms with van der Waals surface area (Å²) in [6.45, 7) is 2.53. The average molecular weight is 278 g/mol. The van der Waals surface area contributed by atoms with Crippen LogP contribution in [0.4, 0.5) is 0 Å². The normalized spacial score (nSPS) is 12.3. The van der Waals surface area contributed by atoms with E-state index in [2.05, 4.69) is 12.1 Å². The van der Waals surface area contributed by atoms with Gasteiger partial charge in [-0.25, -0.2) is 0 Å². The Kier molecular flexibility index (Phi) is 3.89. The molecule has 0 radical (unpaired) electrons. The quantitative estimate of drug-likeness (QED) is 0.770. The summed E-state index contributed by atoms with van der Waals surface area (Å²) in [4.78, 5) is 0. The van der Waals surface area contributed by atoms with Gasteiger partial charge in [-0.1, -0.05) is 54.6 Å². The molecule has 2 heteroatoms. The van der Waals surface area contributed by atoms with Crippen molar-refractivity contribution >= 4 is 10.8 Å². The van der Waals surface area contributed by atoms with Crippen LogP contribution >= 0.6 is 0 Å². The highest BCUT2D eigenvalue weighted by atomic mass is 16.5. The Morgan fingerprint density at radius 1 is 0.905 bits per heavy atom. The van der Waals surface area contributed by atoms with Crippen LogP contribution in [0, 0.1) is 0 Å². The lowest BCUT2D eigenvalue weighted by Gasteiger charge is -2.16. The van der Waals surface area contributed by atoms with Crippen LogP contribution < -0.4 is 4.74 Å². The first kappa shape index (κ1) is 13.7. The maximum Gasteiger partial charge on any atom is 0.125 e. The largest absolute Gasteiger partial charge is 0.493 e. The number of aliphatic hydroxyl groups is 1. The second-order valence-electron chi connectivity index (χ2n) is 4.98. The second kappa shape index (κ2) is 5.98. The van der Waals surface area contributed by atoms with Gasteiger partial charge < -0.3 is 9.84 Å². The van der Waals surface area contributed by atoms with Gasteiger partial charge in [-0.15, -0.1) is 0 Å². The molecule has 1 unspecified atom stereocenters. The predicted molar refractivity (Wildman–Crippen MR) is 85.6 cm³/mol. The number of rotatable bonds is 4. The Balaban J connectivity index is 2.02. The average Bonchev–Trinajstić information content (AvgIpc) is 2.54. The number of hydrogen-bond donors (Lipinski definition) is 1. The van der Waals surface area contributed by atoms with Crippen molar-refractivity contribution in [3.8, 4) is 5.75 Å². The van der Waals surface area contributed by atoms with Gasteiger partial charge in [0.1, 0.15) is 11.9 Å². The van der Waals surface area contributed by atoms with Crippen LogP contribution in [0.3, 0.4) is 0 Å². The molecule has 3 rings (SSSR count). The molecule has 0 aliphatic rings. The lowest BCUT2D eigenvalue weighted by atomic mass is 9.98. The monoisotopic (exact) mass is 278 g/mol. The van der Waals surface area contributed by atoms with E-state index >= 15 is 0 Å². The maximum absolute atomic E-state index is 10.7. The predicted octanol–water partition coefficient (Wildman–Crippen LogP) is 4.32. The van der Waals surface area contributed by atoms with E-state index in [0.29, 0.717) is 6.61 Å². The summed E-state index contributed by atoms with van der Waals surface area (Å²) in [5.41, 5.74) is 1.68. The molecule has 0 bridgehead atoms. The zero-order valence-electron chi connectivity index (χ0n) is 12.0. The van der Waals surface area contributed by atoms with E-state index in [-0.39, 0.29) is 0 Å². The summed E-state index contributed by atoms with van der Waals surface area (Å²) < 4.78 is 5.61. The molecule has 21 heavy (non-hydrogen) atoms. The zero-order valence-corrected chi connectivity index (χ0v) is 12.0. The van der Waals surface area contributed by atoms with Crippen molar-refractivity contribution in [2.75, 3.05) is 6.61 Å². The molecular weight excluding hydrogens is 260 g/mol. The Hall–Kier alpha value is -2.32. The number of benzene rings is 3. The van der Waals surface area contributed by atoms with Crippen molar-refractivity contribution in [1.82, 2.24) is 0 Å². The summed E-state index contributed by atoms with van der Waals surface area (Å²) >= 11 is 0. The number of hydrogen-bond acceptors (Lipinski definition) is 2. The number of fused-ring (bicyclic) bond motifs is 1. The highest BCUT2D eigenvalue weighted by Gasteiger charge is 2.15. The molecule has 106 valence electrons. The zero-order chi connectivity index (χ0) is 14.7. The molecule has 0 aliphatic carbocycles. The van der Waals surface area contributed by atoms with E-state index in [1.54, 1.807) is 0 Å². The van der Waals surface area contributed by atoms with E-state index in [9.17, 15) is 5.11 Å². The van der Waals surface area contributed by atoms with Gasteiger partial charge in [0.05, 0.1) is 6.61 Å². The fraction of sp³-hybridized carbons (Fsp3) is 0.158. The van der Waals surface area contributed by atoms with E-state index in [0.717, 1.165) is 22.3 Å². The molecule has 3 aromatic rings. The van der Waals surface area contributed by atoms with Gasteiger partial charge in [-0.2, -0.15) is 0 Å². The summed E-state index contributed by atoms with van der Waals surface area (Å²) in [5, 5.41) is 13.0. The molecular formula is C19H18O2. The minimum absolute atomic E-state index is 0.585. The minimum Gasteiger partial charge on any atom is -0.493 e. The van der Waals surface area contributed by atoms with Gasteiger partial charge in [-0.3, -0.25) is 0 Å². The minimum atomic E-state index is -0.683. The molecule has 0 fully saturated rings. The number of para-hydroxylation sites is 1. The SMILES string of the molecule is CCOc1ccccc1C(O)c1ccc2ccccc2c1. The van der Waals surface area contributed by atoms with Crippen LogP contribution in [0.25, 0.3) is 10.8 Å².